The van der Waals surface area contributed by atoms with Gasteiger partial charge >= 0.3 is 0 Å². The first kappa shape index (κ1) is 18.1. The zero-order chi connectivity index (χ0) is 15.4. The van der Waals surface area contributed by atoms with Gasteiger partial charge in [0.2, 0.25) is 17.7 Å². The van der Waals surface area contributed by atoms with E-state index in [-0.39, 0.29) is 30.6 Å². The van der Waals surface area contributed by atoms with Gasteiger partial charge in [-0.2, -0.15) is 0 Å². The summed E-state index contributed by atoms with van der Waals surface area (Å²) in [5, 5.41) is 7.71. The molecule has 0 unspecified atom stereocenters. The van der Waals surface area contributed by atoms with Crippen LogP contribution in [0, 0.1) is 0 Å². The molecular formula is C13H24N4O3. The summed E-state index contributed by atoms with van der Waals surface area (Å²) in [6.07, 6.45) is 2.73. The van der Waals surface area contributed by atoms with Crippen LogP contribution >= 0.6 is 0 Å². The fourth-order valence-corrected chi connectivity index (χ4v) is 1.25. The highest BCUT2D eigenvalue weighted by atomic mass is 16.2. The van der Waals surface area contributed by atoms with E-state index in [1.165, 1.54) is 12.3 Å². The molecule has 0 radical (unpaired) electrons. The largest absolute Gasteiger partial charge is 0.355 e. The molecule has 0 rings (SSSR count). The van der Waals surface area contributed by atoms with E-state index >= 15 is 0 Å². The molecule has 7 heteroatoms. The van der Waals surface area contributed by atoms with Crippen LogP contribution in [0.1, 0.15) is 19.8 Å². The maximum absolute atomic E-state index is 11.4. The van der Waals surface area contributed by atoms with Crippen molar-refractivity contribution in [3.8, 4) is 0 Å². The molecule has 0 aliphatic heterocycles. The predicted molar refractivity (Wildman–Crippen MR) is 76.8 cm³/mol. The number of nitrogens with zero attached hydrogens (tertiary/aromatic N) is 1. The zero-order valence-corrected chi connectivity index (χ0v) is 12.4. The van der Waals surface area contributed by atoms with Gasteiger partial charge in [-0.05, 0) is 21.0 Å². The lowest BCUT2D eigenvalue weighted by Gasteiger charge is -2.10. The lowest BCUT2D eigenvalue weighted by atomic mass is 10.3. The molecule has 0 aliphatic carbocycles. The molecule has 20 heavy (non-hydrogen) atoms. The molecule has 0 aliphatic rings. The van der Waals surface area contributed by atoms with Gasteiger partial charge in [-0.3, -0.25) is 14.4 Å². The summed E-state index contributed by atoms with van der Waals surface area (Å²) in [5.74, 6) is -0.725. The van der Waals surface area contributed by atoms with Crippen molar-refractivity contribution >= 4 is 17.7 Å². The molecule has 0 fully saturated rings. The first-order chi connectivity index (χ1) is 9.45. The van der Waals surface area contributed by atoms with E-state index in [0.717, 1.165) is 6.54 Å². The van der Waals surface area contributed by atoms with Crippen LogP contribution in [0.4, 0.5) is 0 Å². The van der Waals surface area contributed by atoms with E-state index in [0.29, 0.717) is 13.1 Å². The molecule has 114 valence electrons. The molecule has 0 saturated carbocycles. The summed E-state index contributed by atoms with van der Waals surface area (Å²) in [6.45, 7) is 3.65. The van der Waals surface area contributed by atoms with Crippen LogP contribution in [0.5, 0.6) is 0 Å². The fraction of sp³-hybridized carbons (Fsp3) is 0.615. The van der Waals surface area contributed by atoms with Gasteiger partial charge in [0.05, 0.1) is 0 Å². The fourth-order valence-electron chi connectivity index (χ4n) is 1.25. The Morgan fingerprint density at radius 3 is 2.30 bits per heavy atom. The zero-order valence-electron chi connectivity index (χ0n) is 12.4. The van der Waals surface area contributed by atoms with Crippen molar-refractivity contribution in [3.63, 3.8) is 0 Å². The molecule has 0 saturated heterocycles. The number of rotatable bonds is 9. The third-order valence-electron chi connectivity index (χ3n) is 2.29. The van der Waals surface area contributed by atoms with E-state index in [4.69, 9.17) is 0 Å². The smallest absolute Gasteiger partial charge is 0.245 e. The van der Waals surface area contributed by atoms with Crippen LogP contribution in [0.3, 0.4) is 0 Å². The van der Waals surface area contributed by atoms with Crippen LogP contribution in [-0.4, -0.2) is 56.4 Å². The van der Waals surface area contributed by atoms with Crippen molar-refractivity contribution in [2.75, 3.05) is 33.7 Å². The normalized spacial score (nSPS) is 10.6. The van der Waals surface area contributed by atoms with Crippen molar-refractivity contribution in [2.45, 2.75) is 19.8 Å². The summed E-state index contributed by atoms with van der Waals surface area (Å²) in [7, 11) is 3.83. The third kappa shape index (κ3) is 11.2. The van der Waals surface area contributed by atoms with E-state index in [2.05, 4.69) is 16.0 Å². The highest BCUT2D eigenvalue weighted by Crippen LogP contribution is 1.89. The average molecular weight is 284 g/mol. The lowest BCUT2D eigenvalue weighted by Crippen LogP contribution is -2.32. The maximum Gasteiger partial charge on any atom is 0.245 e. The molecule has 0 atom stereocenters. The van der Waals surface area contributed by atoms with Crippen molar-refractivity contribution < 1.29 is 14.4 Å². The molecule has 3 N–H and O–H groups in total. The van der Waals surface area contributed by atoms with Crippen LogP contribution in [0.2, 0.25) is 0 Å². The van der Waals surface area contributed by atoms with Crippen LogP contribution in [0.15, 0.2) is 12.3 Å². The van der Waals surface area contributed by atoms with Gasteiger partial charge in [0.25, 0.3) is 0 Å². The van der Waals surface area contributed by atoms with E-state index in [1.54, 1.807) is 6.92 Å². The van der Waals surface area contributed by atoms with Crippen molar-refractivity contribution in [1.82, 2.24) is 20.9 Å². The second-order valence-electron chi connectivity index (χ2n) is 4.45. The van der Waals surface area contributed by atoms with Crippen LogP contribution < -0.4 is 16.0 Å². The topological polar surface area (TPSA) is 90.5 Å². The number of likely N-dealkylation sites (N-methyl/N-ethyl adjacent to an activating group) is 2. The molecular weight excluding hydrogens is 260 g/mol. The summed E-state index contributed by atoms with van der Waals surface area (Å²) >= 11 is 0. The summed E-state index contributed by atoms with van der Waals surface area (Å²) in [5.41, 5.74) is 0. The first-order valence-electron chi connectivity index (χ1n) is 6.61. The Labute approximate surface area is 119 Å². The Morgan fingerprint density at radius 2 is 1.70 bits per heavy atom. The Morgan fingerprint density at radius 1 is 1.05 bits per heavy atom. The SMILES string of the molecule is CCNC(=O)/C=C\NC(=O)CCC(=O)NCCN(C)C. The van der Waals surface area contributed by atoms with Gasteiger partial charge in [0.1, 0.15) is 0 Å². The number of nitrogens with one attached hydrogen (secondary N) is 3. The van der Waals surface area contributed by atoms with Gasteiger partial charge in [0, 0.05) is 44.8 Å². The molecule has 0 aromatic heterocycles. The molecule has 7 nitrogen and oxygen atoms in total. The van der Waals surface area contributed by atoms with Crippen LogP contribution in [-0.2, 0) is 14.4 Å². The molecule has 0 aromatic rings. The molecule has 3 amide bonds. The Hall–Kier alpha value is -1.89. The van der Waals surface area contributed by atoms with Crippen molar-refractivity contribution in [1.29, 1.82) is 0 Å². The monoisotopic (exact) mass is 284 g/mol. The summed E-state index contributed by atoms with van der Waals surface area (Å²) < 4.78 is 0. The average Bonchev–Trinajstić information content (AvgIpc) is 2.36. The number of carbonyl (C=O) groups excluding carboxylic acids is 3. The van der Waals surface area contributed by atoms with Crippen LogP contribution in [0.25, 0.3) is 0 Å². The Bertz CT molecular complexity index is 354. The van der Waals surface area contributed by atoms with Crippen molar-refractivity contribution in [2.24, 2.45) is 0 Å². The molecule has 0 aromatic carbocycles. The number of hydrogen-bond donors (Lipinski definition) is 3. The number of hydrogen-bond acceptors (Lipinski definition) is 4. The highest BCUT2D eigenvalue weighted by Gasteiger charge is 2.05. The number of carbonyl (C=O) groups is 3. The lowest BCUT2D eigenvalue weighted by molar-refractivity contribution is -0.126. The first-order valence-corrected chi connectivity index (χ1v) is 6.61. The minimum Gasteiger partial charge on any atom is -0.355 e. The van der Waals surface area contributed by atoms with Crippen molar-refractivity contribution in [3.05, 3.63) is 12.3 Å². The van der Waals surface area contributed by atoms with E-state index in [1.807, 2.05) is 19.0 Å². The minimum absolute atomic E-state index is 0.0908. The highest BCUT2D eigenvalue weighted by molar-refractivity contribution is 5.88. The molecule has 0 spiro atoms. The van der Waals surface area contributed by atoms with Gasteiger partial charge in [0.15, 0.2) is 0 Å². The standard InChI is InChI=1S/C13H24N4O3/c1-4-14-13(20)7-8-15-11(18)5-6-12(19)16-9-10-17(2)3/h7-8H,4-6,9-10H2,1-3H3,(H,14,20)(H,15,18)(H,16,19)/b8-7-. The molecule has 0 bridgehead atoms. The van der Waals surface area contributed by atoms with Gasteiger partial charge < -0.3 is 20.9 Å². The quantitative estimate of drug-likeness (QED) is 0.484. The predicted octanol–water partition coefficient (Wildman–Crippen LogP) is -0.790. The summed E-state index contributed by atoms with van der Waals surface area (Å²) in [4.78, 5) is 35.8. The minimum atomic E-state index is -0.298. The van der Waals surface area contributed by atoms with Gasteiger partial charge in [-0.15, -0.1) is 0 Å². The second kappa shape index (κ2) is 11.0. The van der Waals surface area contributed by atoms with E-state index < -0.39 is 0 Å². The Balaban J connectivity index is 3.72. The van der Waals surface area contributed by atoms with Gasteiger partial charge in [-0.1, -0.05) is 0 Å². The van der Waals surface area contributed by atoms with E-state index in [9.17, 15) is 14.4 Å². The number of amides is 3. The second-order valence-corrected chi connectivity index (χ2v) is 4.45. The summed E-state index contributed by atoms with van der Waals surface area (Å²) in [6, 6.07) is 0. The maximum atomic E-state index is 11.4. The van der Waals surface area contributed by atoms with Gasteiger partial charge in [-0.25, -0.2) is 0 Å². The Kier molecular flexibility index (Phi) is 9.94. The molecule has 0 heterocycles. The third-order valence-corrected chi connectivity index (χ3v) is 2.29.